The Hall–Kier alpha value is -1.62. The summed E-state index contributed by atoms with van der Waals surface area (Å²) in [5.41, 5.74) is 10.3. The Balaban J connectivity index is 0.00000288. The number of benzene rings is 1. The second-order valence-electron chi connectivity index (χ2n) is 6.22. The summed E-state index contributed by atoms with van der Waals surface area (Å²) in [6.07, 6.45) is 2.06. The highest BCUT2D eigenvalue weighted by molar-refractivity contribution is 5.85. The van der Waals surface area contributed by atoms with Crippen LogP contribution in [-0.4, -0.2) is 17.4 Å². The Morgan fingerprint density at radius 2 is 1.68 bits per heavy atom. The minimum Gasteiger partial charge on any atom is -0.354 e. The van der Waals surface area contributed by atoms with E-state index in [0.29, 0.717) is 18.9 Å². The lowest BCUT2D eigenvalue weighted by atomic mass is 9.99. The largest absolute Gasteiger partial charge is 0.354 e. The molecule has 138 valence electrons. The normalized spacial score (nSPS) is 11.2. The van der Waals surface area contributed by atoms with Crippen LogP contribution in [0.2, 0.25) is 0 Å². The molecular formula is C19H27Cl2N3O. The van der Waals surface area contributed by atoms with E-state index in [-0.39, 0.29) is 36.8 Å². The quantitative estimate of drug-likeness (QED) is 0.798. The monoisotopic (exact) mass is 383 g/mol. The van der Waals surface area contributed by atoms with Crippen LogP contribution in [0.25, 0.3) is 0 Å². The average Bonchev–Trinajstić information content (AvgIpc) is 2.55. The molecule has 1 unspecified atom stereocenters. The van der Waals surface area contributed by atoms with E-state index in [1.165, 1.54) is 5.56 Å². The molecule has 1 atom stereocenters. The molecule has 0 saturated heterocycles. The first-order valence-electron chi connectivity index (χ1n) is 7.99. The summed E-state index contributed by atoms with van der Waals surface area (Å²) < 4.78 is 0. The van der Waals surface area contributed by atoms with Gasteiger partial charge in [-0.15, -0.1) is 24.8 Å². The van der Waals surface area contributed by atoms with E-state index in [4.69, 9.17) is 5.73 Å². The number of aromatic nitrogens is 1. The lowest BCUT2D eigenvalue weighted by Crippen LogP contribution is -2.32. The fourth-order valence-electron chi connectivity index (χ4n) is 2.32. The fraction of sp³-hybridized carbons (Fsp3) is 0.368. The molecule has 3 N–H and O–H groups in total. The Morgan fingerprint density at radius 3 is 2.20 bits per heavy atom. The number of rotatable bonds is 6. The molecule has 0 bridgehead atoms. The number of carbonyl (C=O) groups excluding carboxylic acids is 1. The fourth-order valence-corrected chi connectivity index (χ4v) is 2.32. The third-order valence-electron chi connectivity index (χ3n) is 3.89. The van der Waals surface area contributed by atoms with Crippen molar-refractivity contribution in [1.82, 2.24) is 10.3 Å². The van der Waals surface area contributed by atoms with Gasteiger partial charge in [-0.1, -0.05) is 44.2 Å². The van der Waals surface area contributed by atoms with E-state index in [9.17, 15) is 4.79 Å². The molecule has 0 saturated carbocycles. The van der Waals surface area contributed by atoms with Crippen molar-refractivity contribution in [2.45, 2.75) is 39.2 Å². The summed E-state index contributed by atoms with van der Waals surface area (Å²) in [6.45, 7) is 6.68. The molecule has 2 rings (SSSR count). The number of nitrogens with zero attached hydrogens (tertiary/aromatic N) is 1. The maximum Gasteiger partial charge on any atom is 0.224 e. The summed E-state index contributed by atoms with van der Waals surface area (Å²) in [7, 11) is 0. The van der Waals surface area contributed by atoms with Crippen LogP contribution in [0.5, 0.6) is 0 Å². The van der Waals surface area contributed by atoms with Crippen LogP contribution in [-0.2, 0) is 11.2 Å². The van der Waals surface area contributed by atoms with Gasteiger partial charge in [0.2, 0.25) is 5.91 Å². The molecule has 4 nitrogen and oxygen atoms in total. The van der Waals surface area contributed by atoms with Crippen molar-refractivity contribution in [3.63, 3.8) is 0 Å². The van der Waals surface area contributed by atoms with Crippen LogP contribution in [0.3, 0.4) is 0 Å². The van der Waals surface area contributed by atoms with Crippen molar-refractivity contribution in [3.8, 4) is 0 Å². The molecule has 1 aromatic heterocycles. The third-order valence-corrected chi connectivity index (χ3v) is 3.89. The van der Waals surface area contributed by atoms with Crippen LogP contribution in [0, 0.1) is 6.92 Å². The zero-order valence-electron chi connectivity index (χ0n) is 14.9. The molecule has 0 aliphatic carbocycles. The molecule has 0 fully saturated rings. The third kappa shape index (κ3) is 7.43. The van der Waals surface area contributed by atoms with Gasteiger partial charge in [0.05, 0.1) is 6.42 Å². The van der Waals surface area contributed by atoms with Gasteiger partial charge in [-0.25, -0.2) is 0 Å². The van der Waals surface area contributed by atoms with E-state index in [1.807, 2.05) is 31.2 Å². The predicted octanol–water partition coefficient (Wildman–Crippen LogP) is 3.72. The van der Waals surface area contributed by atoms with Crippen molar-refractivity contribution in [2.75, 3.05) is 6.54 Å². The van der Waals surface area contributed by atoms with Gasteiger partial charge in [0.25, 0.3) is 0 Å². The lowest BCUT2D eigenvalue weighted by molar-refractivity contribution is -0.120. The number of amides is 1. The second kappa shape index (κ2) is 11.1. The minimum absolute atomic E-state index is 0. The summed E-state index contributed by atoms with van der Waals surface area (Å²) >= 11 is 0. The molecule has 0 spiro atoms. The number of hydrogen-bond acceptors (Lipinski definition) is 3. The van der Waals surface area contributed by atoms with Crippen molar-refractivity contribution in [1.29, 1.82) is 0 Å². The molecular weight excluding hydrogens is 357 g/mol. The maximum atomic E-state index is 12.0. The van der Waals surface area contributed by atoms with E-state index in [0.717, 1.165) is 16.8 Å². The highest BCUT2D eigenvalue weighted by Crippen LogP contribution is 2.17. The molecule has 0 aliphatic rings. The SMILES string of the molecule is Cc1ccc(CC(=O)NCC(N)c2ccc(C(C)C)cc2)cn1.Cl.Cl. The zero-order chi connectivity index (χ0) is 16.8. The second-order valence-corrected chi connectivity index (χ2v) is 6.22. The van der Waals surface area contributed by atoms with Gasteiger partial charge in [0.1, 0.15) is 0 Å². The number of carbonyl (C=O) groups is 1. The Kier molecular flexibility index (Phi) is 10.4. The van der Waals surface area contributed by atoms with Gasteiger partial charge in [-0.2, -0.15) is 0 Å². The molecule has 1 aromatic carbocycles. The van der Waals surface area contributed by atoms with E-state index in [2.05, 4.69) is 36.3 Å². The van der Waals surface area contributed by atoms with Gasteiger partial charge in [0.15, 0.2) is 0 Å². The molecule has 6 heteroatoms. The van der Waals surface area contributed by atoms with Gasteiger partial charge < -0.3 is 11.1 Å². The van der Waals surface area contributed by atoms with Crippen LogP contribution in [0.1, 0.15) is 48.2 Å². The van der Waals surface area contributed by atoms with Crippen LogP contribution in [0.15, 0.2) is 42.6 Å². The van der Waals surface area contributed by atoms with Gasteiger partial charge in [-0.05, 0) is 35.6 Å². The summed E-state index contributed by atoms with van der Waals surface area (Å²) in [5, 5.41) is 2.89. The average molecular weight is 384 g/mol. The number of nitrogens with two attached hydrogens (primary N) is 1. The first-order valence-corrected chi connectivity index (χ1v) is 7.99. The molecule has 1 heterocycles. The smallest absolute Gasteiger partial charge is 0.224 e. The standard InChI is InChI=1S/C19H25N3O.2ClH/c1-13(2)16-6-8-17(9-7-16)18(20)12-22-19(23)10-15-5-4-14(3)21-11-15;;/h4-9,11,13,18H,10,12,20H2,1-3H3,(H,22,23);2*1H. The summed E-state index contributed by atoms with van der Waals surface area (Å²) in [6, 6.07) is 11.9. The minimum atomic E-state index is -0.198. The molecule has 25 heavy (non-hydrogen) atoms. The zero-order valence-corrected chi connectivity index (χ0v) is 16.5. The lowest BCUT2D eigenvalue weighted by Gasteiger charge is -2.14. The van der Waals surface area contributed by atoms with E-state index in [1.54, 1.807) is 6.20 Å². The topological polar surface area (TPSA) is 68.0 Å². The van der Waals surface area contributed by atoms with E-state index < -0.39 is 0 Å². The van der Waals surface area contributed by atoms with Gasteiger partial charge >= 0.3 is 0 Å². The van der Waals surface area contributed by atoms with Gasteiger partial charge in [0, 0.05) is 24.5 Å². The molecule has 2 aromatic rings. The van der Waals surface area contributed by atoms with Crippen molar-refractivity contribution >= 4 is 30.7 Å². The van der Waals surface area contributed by atoms with Crippen molar-refractivity contribution < 1.29 is 4.79 Å². The Labute approximate surface area is 162 Å². The van der Waals surface area contributed by atoms with Crippen LogP contribution >= 0.6 is 24.8 Å². The number of nitrogens with one attached hydrogen (secondary N) is 1. The predicted molar refractivity (Wildman–Crippen MR) is 108 cm³/mol. The molecule has 0 aliphatic heterocycles. The number of aryl methyl sites for hydroxylation is 1. The first-order chi connectivity index (χ1) is 11.0. The van der Waals surface area contributed by atoms with Crippen LogP contribution < -0.4 is 11.1 Å². The highest BCUT2D eigenvalue weighted by Gasteiger charge is 2.09. The Morgan fingerprint density at radius 1 is 1.08 bits per heavy atom. The Bertz CT molecular complexity index is 643. The van der Waals surface area contributed by atoms with Crippen molar-refractivity contribution in [3.05, 3.63) is 65.0 Å². The van der Waals surface area contributed by atoms with Gasteiger partial charge in [-0.3, -0.25) is 9.78 Å². The van der Waals surface area contributed by atoms with Crippen LogP contribution in [0.4, 0.5) is 0 Å². The summed E-state index contributed by atoms with van der Waals surface area (Å²) in [5.74, 6) is 0.466. The molecule has 1 amide bonds. The maximum absolute atomic E-state index is 12.0. The first kappa shape index (κ1) is 23.4. The van der Waals surface area contributed by atoms with E-state index >= 15 is 0 Å². The highest BCUT2D eigenvalue weighted by atomic mass is 35.5. The molecule has 0 radical (unpaired) electrons. The van der Waals surface area contributed by atoms with Crippen molar-refractivity contribution in [2.24, 2.45) is 5.73 Å². The number of halogens is 2. The summed E-state index contributed by atoms with van der Waals surface area (Å²) in [4.78, 5) is 16.2. The number of hydrogen-bond donors (Lipinski definition) is 2. The number of pyridine rings is 1.